The molecule has 1 saturated carbocycles. The summed E-state index contributed by atoms with van der Waals surface area (Å²) >= 11 is 0. The number of hydrogen-bond acceptors (Lipinski definition) is 2. The first-order valence-electron chi connectivity index (χ1n) is 7.18. The first-order valence-corrected chi connectivity index (χ1v) is 7.18. The Morgan fingerprint density at radius 2 is 1.89 bits per heavy atom. The molecule has 1 N–H and O–H groups in total. The molecule has 2 unspecified atom stereocenters. The lowest BCUT2D eigenvalue weighted by Crippen LogP contribution is -2.27. The van der Waals surface area contributed by atoms with Gasteiger partial charge in [0.1, 0.15) is 0 Å². The van der Waals surface area contributed by atoms with E-state index in [1.54, 1.807) is 0 Å². The van der Waals surface area contributed by atoms with Crippen molar-refractivity contribution in [2.45, 2.75) is 45.6 Å². The summed E-state index contributed by atoms with van der Waals surface area (Å²) in [5.41, 5.74) is 2.48. The van der Waals surface area contributed by atoms with Gasteiger partial charge in [0.05, 0.1) is 12.7 Å². The van der Waals surface area contributed by atoms with Crippen LogP contribution >= 0.6 is 0 Å². The van der Waals surface area contributed by atoms with Crippen molar-refractivity contribution in [2.24, 2.45) is 5.92 Å². The van der Waals surface area contributed by atoms with Crippen molar-refractivity contribution in [1.82, 2.24) is 0 Å². The summed E-state index contributed by atoms with van der Waals surface area (Å²) in [6.07, 6.45) is 5.77. The molecule has 1 aromatic carbocycles. The van der Waals surface area contributed by atoms with E-state index < -0.39 is 0 Å². The fraction of sp³-hybridized carbons (Fsp3) is 0.625. The van der Waals surface area contributed by atoms with E-state index in [2.05, 4.69) is 43.4 Å². The minimum absolute atomic E-state index is 0.485. The molecule has 1 aliphatic rings. The van der Waals surface area contributed by atoms with Gasteiger partial charge in [-0.2, -0.15) is 0 Å². The van der Waals surface area contributed by atoms with E-state index >= 15 is 0 Å². The quantitative estimate of drug-likeness (QED) is 0.794. The van der Waals surface area contributed by atoms with E-state index in [1.807, 2.05) is 0 Å². The minimum Gasteiger partial charge on any atom is -0.383 e. The minimum atomic E-state index is 0.485. The largest absolute Gasteiger partial charge is 0.383 e. The van der Waals surface area contributed by atoms with Crippen molar-refractivity contribution in [1.29, 1.82) is 0 Å². The molecule has 2 nitrogen and oxygen atoms in total. The predicted molar refractivity (Wildman–Crippen MR) is 77.0 cm³/mol. The number of nitrogens with one attached hydrogen (secondary N) is 1. The zero-order valence-corrected chi connectivity index (χ0v) is 11.6. The van der Waals surface area contributed by atoms with E-state index in [4.69, 9.17) is 4.74 Å². The molecule has 1 fully saturated rings. The maximum atomic E-state index is 5.98. The Labute approximate surface area is 111 Å². The number of rotatable bonds is 5. The maximum absolute atomic E-state index is 5.98. The second-order valence-electron chi connectivity index (χ2n) is 5.46. The summed E-state index contributed by atoms with van der Waals surface area (Å²) in [5, 5.41) is 3.40. The van der Waals surface area contributed by atoms with Gasteiger partial charge < -0.3 is 10.1 Å². The average molecular weight is 247 g/mol. The SMILES string of the molecule is Cc1ccc(NCCOC2CCCCC2C)cc1. The van der Waals surface area contributed by atoms with Crippen molar-refractivity contribution >= 4 is 5.69 Å². The van der Waals surface area contributed by atoms with Crippen LogP contribution in [0.2, 0.25) is 0 Å². The zero-order chi connectivity index (χ0) is 12.8. The number of anilines is 1. The molecule has 1 aromatic rings. The predicted octanol–water partition coefficient (Wildman–Crippen LogP) is 4.00. The maximum Gasteiger partial charge on any atom is 0.0642 e. The number of aryl methyl sites for hydroxylation is 1. The van der Waals surface area contributed by atoms with Crippen LogP contribution < -0.4 is 5.32 Å². The van der Waals surface area contributed by atoms with Crippen LogP contribution in [0.3, 0.4) is 0 Å². The van der Waals surface area contributed by atoms with Crippen molar-refractivity contribution in [3.8, 4) is 0 Å². The van der Waals surface area contributed by atoms with E-state index in [-0.39, 0.29) is 0 Å². The van der Waals surface area contributed by atoms with E-state index in [0.717, 1.165) is 19.1 Å². The third-order valence-electron chi connectivity index (χ3n) is 3.85. The van der Waals surface area contributed by atoms with Crippen LogP contribution in [0.25, 0.3) is 0 Å². The second kappa shape index (κ2) is 6.79. The van der Waals surface area contributed by atoms with Gasteiger partial charge in [-0.25, -0.2) is 0 Å². The molecule has 18 heavy (non-hydrogen) atoms. The van der Waals surface area contributed by atoms with Gasteiger partial charge in [0.2, 0.25) is 0 Å². The molecule has 0 spiro atoms. The monoisotopic (exact) mass is 247 g/mol. The first-order chi connectivity index (χ1) is 8.75. The van der Waals surface area contributed by atoms with Gasteiger partial charge in [0, 0.05) is 12.2 Å². The highest BCUT2D eigenvalue weighted by atomic mass is 16.5. The Hall–Kier alpha value is -1.02. The third kappa shape index (κ3) is 4.02. The molecule has 2 rings (SSSR count). The van der Waals surface area contributed by atoms with Crippen LogP contribution in [-0.2, 0) is 4.74 Å². The Morgan fingerprint density at radius 1 is 1.17 bits per heavy atom. The molecule has 0 heterocycles. The van der Waals surface area contributed by atoms with Gasteiger partial charge >= 0.3 is 0 Å². The lowest BCUT2D eigenvalue weighted by molar-refractivity contribution is 0.000393. The van der Waals surface area contributed by atoms with Crippen LogP contribution in [0, 0.1) is 12.8 Å². The van der Waals surface area contributed by atoms with Gasteiger partial charge in [0.15, 0.2) is 0 Å². The molecular formula is C16H25NO. The molecule has 0 amide bonds. The highest BCUT2D eigenvalue weighted by Gasteiger charge is 2.21. The molecule has 0 aliphatic heterocycles. The molecule has 2 atom stereocenters. The van der Waals surface area contributed by atoms with Gasteiger partial charge in [-0.3, -0.25) is 0 Å². The highest BCUT2D eigenvalue weighted by Crippen LogP contribution is 2.26. The fourth-order valence-electron chi connectivity index (χ4n) is 2.61. The average Bonchev–Trinajstić information content (AvgIpc) is 2.39. The van der Waals surface area contributed by atoms with Crippen molar-refractivity contribution < 1.29 is 4.74 Å². The Morgan fingerprint density at radius 3 is 2.61 bits per heavy atom. The topological polar surface area (TPSA) is 21.3 Å². The molecule has 0 bridgehead atoms. The summed E-state index contributed by atoms with van der Waals surface area (Å²) in [5.74, 6) is 0.734. The second-order valence-corrected chi connectivity index (χ2v) is 5.46. The highest BCUT2D eigenvalue weighted by molar-refractivity contribution is 5.44. The van der Waals surface area contributed by atoms with Gasteiger partial charge in [-0.1, -0.05) is 37.5 Å². The van der Waals surface area contributed by atoms with E-state index in [0.29, 0.717) is 6.10 Å². The van der Waals surface area contributed by atoms with Crippen LogP contribution in [-0.4, -0.2) is 19.3 Å². The van der Waals surface area contributed by atoms with Crippen molar-refractivity contribution in [3.63, 3.8) is 0 Å². The van der Waals surface area contributed by atoms with Crippen LogP contribution in [0.4, 0.5) is 5.69 Å². The third-order valence-corrected chi connectivity index (χ3v) is 3.85. The molecule has 2 heteroatoms. The van der Waals surface area contributed by atoms with Crippen LogP contribution in [0.15, 0.2) is 24.3 Å². The summed E-state index contributed by atoms with van der Waals surface area (Å²) in [6, 6.07) is 8.51. The molecular weight excluding hydrogens is 222 g/mol. The van der Waals surface area contributed by atoms with Crippen molar-refractivity contribution in [2.75, 3.05) is 18.5 Å². The smallest absolute Gasteiger partial charge is 0.0642 e. The van der Waals surface area contributed by atoms with Crippen molar-refractivity contribution in [3.05, 3.63) is 29.8 Å². The number of hydrogen-bond donors (Lipinski definition) is 1. The standard InChI is InChI=1S/C16H25NO/c1-13-7-9-15(10-8-13)17-11-12-18-16-6-4-3-5-14(16)2/h7-10,14,16-17H,3-6,11-12H2,1-2H3. The van der Waals surface area contributed by atoms with E-state index in [9.17, 15) is 0 Å². The lowest BCUT2D eigenvalue weighted by Gasteiger charge is -2.28. The normalized spacial score (nSPS) is 23.9. The van der Waals surface area contributed by atoms with Gasteiger partial charge in [0.25, 0.3) is 0 Å². The lowest BCUT2D eigenvalue weighted by atomic mass is 9.88. The van der Waals surface area contributed by atoms with Crippen LogP contribution in [0.1, 0.15) is 38.2 Å². The molecule has 0 radical (unpaired) electrons. The number of benzene rings is 1. The number of ether oxygens (including phenoxy) is 1. The molecule has 0 aromatic heterocycles. The zero-order valence-electron chi connectivity index (χ0n) is 11.6. The van der Waals surface area contributed by atoms with Gasteiger partial charge in [-0.05, 0) is 37.8 Å². The van der Waals surface area contributed by atoms with Crippen LogP contribution in [0.5, 0.6) is 0 Å². The Balaban J connectivity index is 1.65. The Kier molecular flexibility index (Phi) is 5.06. The van der Waals surface area contributed by atoms with Gasteiger partial charge in [-0.15, -0.1) is 0 Å². The molecule has 1 aliphatic carbocycles. The summed E-state index contributed by atoms with van der Waals surface area (Å²) in [7, 11) is 0. The first kappa shape index (κ1) is 13.4. The fourth-order valence-corrected chi connectivity index (χ4v) is 2.61. The summed E-state index contributed by atoms with van der Waals surface area (Å²) < 4.78 is 5.98. The molecule has 100 valence electrons. The molecule has 0 saturated heterocycles. The summed E-state index contributed by atoms with van der Waals surface area (Å²) in [4.78, 5) is 0. The summed E-state index contributed by atoms with van der Waals surface area (Å²) in [6.45, 7) is 6.13. The van der Waals surface area contributed by atoms with E-state index in [1.165, 1.54) is 36.9 Å². The Bertz CT molecular complexity index is 347.